The van der Waals surface area contributed by atoms with E-state index in [2.05, 4.69) is 5.32 Å². The number of thiophene rings is 1. The zero-order valence-corrected chi connectivity index (χ0v) is 11.6. The fourth-order valence-corrected chi connectivity index (χ4v) is 2.89. The van der Waals surface area contributed by atoms with Crippen molar-refractivity contribution in [2.45, 2.75) is 6.10 Å². The summed E-state index contributed by atoms with van der Waals surface area (Å²) in [5.74, 6) is 1.14. The van der Waals surface area contributed by atoms with Gasteiger partial charge in [0.1, 0.15) is 17.6 Å². The number of ether oxygens (including phenoxy) is 2. The van der Waals surface area contributed by atoms with Gasteiger partial charge < -0.3 is 19.9 Å². The number of aliphatic hydroxyl groups excluding tert-OH is 1. The number of methoxy groups -OCH3 is 1. The standard InChI is InChI=1S/C14H13NO4S/c1-18-9-5-12(20-7-9)14(17)8-2-3-11-10(4-8)15-13(16)6-19-11/h2-5,7,14,17H,6H2,1H3,(H,15,16). The second-order valence-electron chi connectivity index (χ2n) is 4.38. The molecule has 0 saturated carbocycles. The van der Waals surface area contributed by atoms with Crippen LogP contribution in [0.5, 0.6) is 11.5 Å². The minimum absolute atomic E-state index is 0.0248. The van der Waals surface area contributed by atoms with Crippen molar-refractivity contribution in [1.29, 1.82) is 0 Å². The molecule has 2 N–H and O–H groups in total. The highest BCUT2D eigenvalue weighted by Crippen LogP contribution is 2.35. The molecule has 2 aromatic rings. The summed E-state index contributed by atoms with van der Waals surface area (Å²) in [6, 6.07) is 7.05. The van der Waals surface area contributed by atoms with Crippen LogP contribution in [0.4, 0.5) is 5.69 Å². The van der Waals surface area contributed by atoms with Crippen LogP contribution in [0.3, 0.4) is 0 Å². The van der Waals surface area contributed by atoms with Gasteiger partial charge in [-0.05, 0) is 23.8 Å². The normalized spacial score (nSPS) is 15.0. The van der Waals surface area contributed by atoms with E-state index in [1.807, 2.05) is 5.38 Å². The molecule has 0 fully saturated rings. The number of hydrogen-bond acceptors (Lipinski definition) is 5. The number of benzene rings is 1. The third-order valence-electron chi connectivity index (χ3n) is 3.05. The lowest BCUT2D eigenvalue weighted by molar-refractivity contribution is -0.118. The first-order valence-corrected chi connectivity index (χ1v) is 6.92. The molecule has 1 aromatic heterocycles. The number of hydrogen-bond donors (Lipinski definition) is 2. The number of anilines is 1. The molecule has 1 aromatic carbocycles. The van der Waals surface area contributed by atoms with E-state index in [0.717, 1.165) is 10.6 Å². The van der Waals surface area contributed by atoms with Gasteiger partial charge in [0.15, 0.2) is 6.61 Å². The molecule has 104 valence electrons. The minimum atomic E-state index is -0.756. The highest BCUT2D eigenvalue weighted by atomic mass is 32.1. The maximum atomic E-state index is 11.3. The van der Waals surface area contributed by atoms with Gasteiger partial charge in [0, 0.05) is 10.3 Å². The van der Waals surface area contributed by atoms with Crippen LogP contribution >= 0.6 is 11.3 Å². The molecule has 6 heteroatoms. The highest BCUT2D eigenvalue weighted by molar-refractivity contribution is 7.10. The summed E-state index contributed by atoms with van der Waals surface area (Å²) in [5.41, 5.74) is 1.28. The number of aliphatic hydroxyl groups is 1. The fourth-order valence-electron chi connectivity index (χ4n) is 2.02. The van der Waals surface area contributed by atoms with Crippen LogP contribution < -0.4 is 14.8 Å². The first kappa shape index (κ1) is 13.0. The molecular formula is C14H13NO4S. The molecule has 0 bridgehead atoms. The molecular weight excluding hydrogens is 278 g/mol. The largest absolute Gasteiger partial charge is 0.496 e. The van der Waals surface area contributed by atoms with Crippen LogP contribution in [0, 0.1) is 0 Å². The lowest BCUT2D eigenvalue weighted by atomic mass is 10.1. The maximum Gasteiger partial charge on any atom is 0.262 e. The fraction of sp³-hybridized carbons (Fsp3) is 0.214. The molecule has 0 saturated heterocycles. The highest BCUT2D eigenvalue weighted by Gasteiger charge is 2.19. The van der Waals surface area contributed by atoms with Gasteiger partial charge in [-0.15, -0.1) is 11.3 Å². The van der Waals surface area contributed by atoms with Gasteiger partial charge in [-0.3, -0.25) is 4.79 Å². The molecule has 0 radical (unpaired) electrons. The van der Waals surface area contributed by atoms with Gasteiger partial charge in [-0.2, -0.15) is 0 Å². The predicted molar refractivity (Wildman–Crippen MR) is 75.5 cm³/mol. The zero-order chi connectivity index (χ0) is 14.1. The second-order valence-corrected chi connectivity index (χ2v) is 5.33. The Morgan fingerprint density at radius 2 is 2.30 bits per heavy atom. The smallest absolute Gasteiger partial charge is 0.262 e. The van der Waals surface area contributed by atoms with E-state index in [4.69, 9.17) is 9.47 Å². The quantitative estimate of drug-likeness (QED) is 0.909. The molecule has 0 aliphatic carbocycles. The first-order chi connectivity index (χ1) is 9.67. The number of amides is 1. The van der Waals surface area contributed by atoms with Crippen LogP contribution in [-0.4, -0.2) is 24.7 Å². The van der Waals surface area contributed by atoms with Gasteiger partial charge in [0.2, 0.25) is 0 Å². The first-order valence-electron chi connectivity index (χ1n) is 6.04. The summed E-state index contributed by atoms with van der Waals surface area (Å²) in [6.45, 7) is 0.0248. The molecule has 0 spiro atoms. The van der Waals surface area contributed by atoms with E-state index in [0.29, 0.717) is 17.0 Å². The molecule has 5 nitrogen and oxygen atoms in total. The summed E-state index contributed by atoms with van der Waals surface area (Å²) in [6.07, 6.45) is -0.756. The summed E-state index contributed by atoms with van der Waals surface area (Å²) in [4.78, 5) is 12.1. The summed E-state index contributed by atoms with van der Waals surface area (Å²) < 4.78 is 10.4. The van der Waals surface area contributed by atoms with Crippen molar-refractivity contribution in [3.8, 4) is 11.5 Å². The van der Waals surface area contributed by atoms with E-state index in [-0.39, 0.29) is 12.5 Å². The van der Waals surface area contributed by atoms with Crippen LogP contribution in [0.1, 0.15) is 16.5 Å². The third-order valence-corrected chi connectivity index (χ3v) is 4.02. The lowest BCUT2D eigenvalue weighted by Crippen LogP contribution is -2.25. The Labute approximate surface area is 119 Å². The van der Waals surface area contributed by atoms with Gasteiger partial charge in [0.05, 0.1) is 12.8 Å². The Hall–Kier alpha value is -2.05. The number of rotatable bonds is 3. The average molecular weight is 291 g/mol. The van der Waals surface area contributed by atoms with Crippen LogP contribution in [0.15, 0.2) is 29.6 Å². The summed E-state index contributed by atoms with van der Waals surface area (Å²) in [5, 5.41) is 14.9. The van der Waals surface area contributed by atoms with Crippen LogP contribution in [-0.2, 0) is 4.79 Å². The molecule has 3 rings (SSSR count). The predicted octanol–water partition coefficient (Wildman–Crippen LogP) is 2.17. The van der Waals surface area contributed by atoms with Crippen molar-refractivity contribution >= 4 is 22.9 Å². The SMILES string of the molecule is COc1csc(C(O)c2ccc3c(c2)NC(=O)CO3)c1. The topological polar surface area (TPSA) is 67.8 Å². The molecule has 1 unspecified atom stereocenters. The van der Waals surface area contributed by atoms with Crippen molar-refractivity contribution in [3.05, 3.63) is 40.1 Å². The van der Waals surface area contributed by atoms with Gasteiger partial charge >= 0.3 is 0 Å². The molecule has 1 aliphatic rings. The van der Waals surface area contributed by atoms with Crippen molar-refractivity contribution < 1.29 is 19.4 Å². The van der Waals surface area contributed by atoms with E-state index in [9.17, 15) is 9.90 Å². The Balaban J connectivity index is 1.90. The molecule has 20 heavy (non-hydrogen) atoms. The Morgan fingerprint density at radius 3 is 3.05 bits per heavy atom. The van der Waals surface area contributed by atoms with Gasteiger partial charge in [-0.25, -0.2) is 0 Å². The van der Waals surface area contributed by atoms with E-state index in [1.54, 1.807) is 31.4 Å². The Morgan fingerprint density at radius 1 is 1.45 bits per heavy atom. The van der Waals surface area contributed by atoms with E-state index >= 15 is 0 Å². The number of fused-ring (bicyclic) bond motifs is 1. The molecule has 2 heterocycles. The third kappa shape index (κ3) is 2.35. The monoisotopic (exact) mass is 291 g/mol. The number of carbonyl (C=O) groups excluding carboxylic acids is 1. The Bertz CT molecular complexity index is 652. The maximum absolute atomic E-state index is 11.3. The summed E-state index contributed by atoms with van der Waals surface area (Å²) in [7, 11) is 1.59. The van der Waals surface area contributed by atoms with Gasteiger partial charge in [0.25, 0.3) is 5.91 Å². The number of nitrogens with one attached hydrogen (secondary N) is 1. The minimum Gasteiger partial charge on any atom is -0.496 e. The van der Waals surface area contributed by atoms with Crippen molar-refractivity contribution in [2.24, 2.45) is 0 Å². The van der Waals surface area contributed by atoms with E-state index in [1.165, 1.54) is 11.3 Å². The Kier molecular flexibility index (Phi) is 3.33. The van der Waals surface area contributed by atoms with Gasteiger partial charge in [-0.1, -0.05) is 6.07 Å². The summed E-state index contributed by atoms with van der Waals surface area (Å²) >= 11 is 1.42. The lowest BCUT2D eigenvalue weighted by Gasteiger charge is -2.19. The van der Waals surface area contributed by atoms with Crippen molar-refractivity contribution in [2.75, 3.05) is 19.0 Å². The van der Waals surface area contributed by atoms with Crippen molar-refractivity contribution in [3.63, 3.8) is 0 Å². The molecule has 1 aliphatic heterocycles. The second kappa shape index (κ2) is 5.15. The van der Waals surface area contributed by atoms with Crippen molar-refractivity contribution in [1.82, 2.24) is 0 Å². The number of carbonyl (C=O) groups is 1. The van der Waals surface area contributed by atoms with E-state index < -0.39 is 6.10 Å². The molecule has 1 amide bonds. The molecule has 1 atom stereocenters. The van der Waals surface area contributed by atoms with Crippen LogP contribution in [0.2, 0.25) is 0 Å². The average Bonchev–Trinajstić information content (AvgIpc) is 2.94. The van der Waals surface area contributed by atoms with Crippen LogP contribution in [0.25, 0.3) is 0 Å². The zero-order valence-electron chi connectivity index (χ0n) is 10.8.